The molecule has 84 valence electrons. The molecule has 1 fully saturated rings. The SMILES string of the molecule is CNC(C)c1cnc(C2CCOCC2)s1. The monoisotopic (exact) mass is 226 g/mol. The van der Waals surface area contributed by atoms with Gasteiger partial charge in [-0.15, -0.1) is 11.3 Å². The molecular formula is C11H18N2OS. The molecule has 1 N–H and O–H groups in total. The molecule has 1 aliphatic rings. The maximum atomic E-state index is 5.36. The van der Waals surface area contributed by atoms with E-state index in [1.807, 2.05) is 24.6 Å². The minimum Gasteiger partial charge on any atom is -0.381 e. The zero-order valence-electron chi connectivity index (χ0n) is 9.32. The minimum absolute atomic E-state index is 0.413. The summed E-state index contributed by atoms with van der Waals surface area (Å²) in [6.07, 6.45) is 4.26. The first kappa shape index (κ1) is 11.0. The first-order valence-corrected chi connectivity index (χ1v) is 6.33. The standard InChI is InChI=1S/C11H18N2OS/c1-8(12-2)10-7-13-11(15-10)9-3-5-14-6-4-9/h7-9,12H,3-6H2,1-2H3. The normalized spacial score (nSPS) is 20.4. The third kappa shape index (κ3) is 2.56. The Hall–Kier alpha value is -0.450. The Balaban J connectivity index is 2.05. The van der Waals surface area contributed by atoms with Crippen molar-refractivity contribution in [2.75, 3.05) is 20.3 Å². The van der Waals surface area contributed by atoms with Crippen LogP contribution < -0.4 is 5.32 Å². The third-order valence-electron chi connectivity index (χ3n) is 2.97. The highest BCUT2D eigenvalue weighted by atomic mass is 32.1. The summed E-state index contributed by atoms with van der Waals surface area (Å²) in [4.78, 5) is 5.86. The van der Waals surface area contributed by atoms with E-state index < -0.39 is 0 Å². The van der Waals surface area contributed by atoms with Crippen molar-refractivity contribution in [1.82, 2.24) is 10.3 Å². The van der Waals surface area contributed by atoms with Gasteiger partial charge in [-0.1, -0.05) is 0 Å². The van der Waals surface area contributed by atoms with Gasteiger partial charge in [0.2, 0.25) is 0 Å². The second-order valence-electron chi connectivity index (χ2n) is 4.00. The molecule has 4 heteroatoms. The van der Waals surface area contributed by atoms with Crippen LogP contribution in [0.15, 0.2) is 6.20 Å². The Morgan fingerprint density at radius 3 is 2.93 bits per heavy atom. The van der Waals surface area contributed by atoms with Crippen molar-refractivity contribution in [3.8, 4) is 0 Å². The average Bonchev–Trinajstić information content (AvgIpc) is 2.78. The number of ether oxygens (including phenoxy) is 1. The molecule has 1 saturated heterocycles. The van der Waals surface area contributed by atoms with Crippen LogP contribution in [0.25, 0.3) is 0 Å². The average molecular weight is 226 g/mol. The largest absolute Gasteiger partial charge is 0.381 e. The number of hydrogen-bond acceptors (Lipinski definition) is 4. The predicted octanol–water partition coefficient (Wildman–Crippen LogP) is 2.32. The lowest BCUT2D eigenvalue weighted by Gasteiger charge is -2.19. The first-order chi connectivity index (χ1) is 7.31. The van der Waals surface area contributed by atoms with Gasteiger partial charge < -0.3 is 10.1 Å². The summed E-state index contributed by atoms with van der Waals surface area (Å²) < 4.78 is 5.36. The van der Waals surface area contributed by atoms with E-state index in [9.17, 15) is 0 Å². The van der Waals surface area contributed by atoms with Gasteiger partial charge in [-0.05, 0) is 26.8 Å². The van der Waals surface area contributed by atoms with E-state index in [0.29, 0.717) is 12.0 Å². The first-order valence-electron chi connectivity index (χ1n) is 5.52. The van der Waals surface area contributed by atoms with E-state index in [1.54, 1.807) is 0 Å². The Labute approximate surface area is 94.9 Å². The fourth-order valence-electron chi connectivity index (χ4n) is 1.78. The van der Waals surface area contributed by atoms with Gasteiger partial charge in [-0.3, -0.25) is 0 Å². The van der Waals surface area contributed by atoms with Crippen LogP contribution in [-0.4, -0.2) is 25.2 Å². The lowest BCUT2D eigenvalue weighted by Crippen LogP contribution is -2.13. The Morgan fingerprint density at radius 2 is 2.27 bits per heavy atom. The molecule has 1 aromatic heterocycles. The number of aromatic nitrogens is 1. The molecule has 2 rings (SSSR count). The van der Waals surface area contributed by atoms with E-state index >= 15 is 0 Å². The fraction of sp³-hybridized carbons (Fsp3) is 0.727. The summed E-state index contributed by atoms with van der Waals surface area (Å²) in [5.41, 5.74) is 0. The van der Waals surface area contributed by atoms with E-state index in [4.69, 9.17) is 4.74 Å². The Morgan fingerprint density at radius 1 is 1.53 bits per heavy atom. The molecule has 0 aromatic carbocycles. The maximum Gasteiger partial charge on any atom is 0.0960 e. The zero-order chi connectivity index (χ0) is 10.7. The molecular weight excluding hydrogens is 208 g/mol. The molecule has 1 unspecified atom stereocenters. The summed E-state index contributed by atoms with van der Waals surface area (Å²) >= 11 is 1.84. The summed E-state index contributed by atoms with van der Waals surface area (Å²) in [6, 6.07) is 0.413. The summed E-state index contributed by atoms with van der Waals surface area (Å²) in [5.74, 6) is 0.626. The van der Waals surface area contributed by atoms with Crippen LogP contribution >= 0.6 is 11.3 Å². The van der Waals surface area contributed by atoms with Gasteiger partial charge in [0.15, 0.2) is 0 Å². The van der Waals surface area contributed by atoms with Crippen molar-refractivity contribution in [1.29, 1.82) is 0 Å². The topological polar surface area (TPSA) is 34.2 Å². The Kier molecular flexibility index (Phi) is 3.72. The highest BCUT2D eigenvalue weighted by molar-refractivity contribution is 7.11. The van der Waals surface area contributed by atoms with Gasteiger partial charge >= 0.3 is 0 Å². The molecule has 0 amide bonds. The van der Waals surface area contributed by atoms with Crippen molar-refractivity contribution in [2.24, 2.45) is 0 Å². The van der Waals surface area contributed by atoms with Crippen LogP contribution in [0.2, 0.25) is 0 Å². The smallest absolute Gasteiger partial charge is 0.0960 e. The molecule has 3 nitrogen and oxygen atoms in total. The van der Waals surface area contributed by atoms with Crippen molar-refractivity contribution < 1.29 is 4.74 Å². The summed E-state index contributed by atoms with van der Waals surface area (Å²) in [5, 5.41) is 4.53. The molecule has 2 heterocycles. The molecule has 15 heavy (non-hydrogen) atoms. The molecule has 0 bridgehead atoms. The number of nitrogens with zero attached hydrogens (tertiary/aromatic N) is 1. The molecule has 0 aliphatic carbocycles. The third-order valence-corrected chi connectivity index (χ3v) is 4.31. The number of nitrogens with one attached hydrogen (secondary N) is 1. The van der Waals surface area contributed by atoms with Gasteiger partial charge in [-0.25, -0.2) is 4.98 Å². The van der Waals surface area contributed by atoms with E-state index in [2.05, 4.69) is 17.2 Å². The molecule has 1 aromatic rings. The number of thiazole rings is 1. The van der Waals surface area contributed by atoms with Gasteiger partial charge in [0, 0.05) is 36.2 Å². The van der Waals surface area contributed by atoms with Crippen LogP contribution in [0.5, 0.6) is 0 Å². The fourth-order valence-corrected chi connectivity index (χ4v) is 2.93. The van der Waals surface area contributed by atoms with E-state index in [1.165, 1.54) is 9.88 Å². The highest BCUT2D eigenvalue weighted by Crippen LogP contribution is 2.31. The van der Waals surface area contributed by atoms with Gasteiger partial charge in [0.1, 0.15) is 0 Å². The minimum atomic E-state index is 0.413. The van der Waals surface area contributed by atoms with E-state index in [0.717, 1.165) is 26.1 Å². The summed E-state index contributed by atoms with van der Waals surface area (Å²) in [6.45, 7) is 3.95. The molecule has 0 saturated carbocycles. The van der Waals surface area contributed by atoms with Crippen molar-refractivity contribution >= 4 is 11.3 Å². The van der Waals surface area contributed by atoms with Crippen molar-refractivity contribution in [3.63, 3.8) is 0 Å². The molecule has 1 atom stereocenters. The Bertz CT molecular complexity index is 307. The maximum absolute atomic E-state index is 5.36. The van der Waals surface area contributed by atoms with Crippen LogP contribution in [0.3, 0.4) is 0 Å². The van der Waals surface area contributed by atoms with Crippen LogP contribution in [-0.2, 0) is 4.74 Å². The molecule has 0 spiro atoms. The lowest BCUT2D eigenvalue weighted by molar-refractivity contribution is 0.0853. The van der Waals surface area contributed by atoms with Crippen LogP contribution in [0.4, 0.5) is 0 Å². The number of hydrogen-bond donors (Lipinski definition) is 1. The zero-order valence-corrected chi connectivity index (χ0v) is 10.1. The second-order valence-corrected chi connectivity index (χ2v) is 5.09. The second kappa shape index (κ2) is 5.05. The van der Waals surface area contributed by atoms with Gasteiger partial charge in [0.25, 0.3) is 0 Å². The lowest BCUT2D eigenvalue weighted by atomic mass is 10.0. The van der Waals surface area contributed by atoms with Crippen LogP contribution in [0.1, 0.15) is 41.6 Å². The van der Waals surface area contributed by atoms with E-state index in [-0.39, 0.29) is 0 Å². The number of rotatable bonds is 3. The quantitative estimate of drug-likeness (QED) is 0.859. The van der Waals surface area contributed by atoms with Crippen molar-refractivity contribution in [2.45, 2.75) is 31.7 Å². The van der Waals surface area contributed by atoms with Gasteiger partial charge in [0.05, 0.1) is 5.01 Å². The van der Waals surface area contributed by atoms with Crippen LogP contribution in [0, 0.1) is 0 Å². The highest BCUT2D eigenvalue weighted by Gasteiger charge is 2.19. The summed E-state index contributed by atoms with van der Waals surface area (Å²) in [7, 11) is 1.98. The molecule has 0 radical (unpaired) electrons. The van der Waals surface area contributed by atoms with Gasteiger partial charge in [-0.2, -0.15) is 0 Å². The van der Waals surface area contributed by atoms with Crippen molar-refractivity contribution in [3.05, 3.63) is 16.1 Å². The predicted molar refractivity (Wildman–Crippen MR) is 62.4 cm³/mol. The molecule has 1 aliphatic heterocycles.